The molecule has 0 atom stereocenters. The monoisotopic (exact) mass is 289 g/mol. The van der Waals surface area contributed by atoms with Crippen molar-refractivity contribution in [2.75, 3.05) is 0 Å². The van der Waals surface area contributed by atoms with E-state index in [-0.39, 0.29) is 0 Å². The molecule has 0 bridgehead atoms. The lowest BCUT2D eigenvalue weighted by atomic mass is 10.0. The van der Waals surface area contributed by atoms with Crippen LogP contribution in [0, 0.1) is 0 Å². The quantitative estimate of drug-likeness (QED) is 0.756. The summed E-state index contributed by atoms with van der Waals surface area (Å²) >= 11 is 0. The second kappa shape index (κ2) is 6.92. The third-order valence-electron chi connectivity index (χ3n) is 3.62. The molecule has 0 radical (unpaired) electrons. The van der Waals surface area contributed by atoms with Crippen LogP contribution in [0.2, 0.25) is 0 Å². The first-order valence-electron chi connectivity index (χ1n) is 7.42. The molecule has 0 aliphatic carbocycles. The summed E-state index contributed by atoms with van der Waals surface area (Å²) in [6, 6.07) is 26.6. The lowest BCUT2D eigenvalue weighted by molar-refractivity contribution is 0.307. The fourth-order valence-electron chi connectivity index (χ4n) is 2.38. The Morgan fingerprint density at radius 3 is 2.05 bits per heavy atom. The van der Waals surface area contributed by atoms with Crippen LogP contribution in [0.15, 0.2) is 78.9 Å². The van der Waals surface area contributed by atoms with Crippen LogP contribution < -0.4 is 10.5 Å². The standard InChI is InChI=1S/C20H19NO/c21-14-16-10-12-17(13-11-16)15-22-20-9-5-4-8-19(20)18-6-2-1-3-7-18/h1-13H,14-15,21H2. The van der Waals surface area contributed by atoms with Crippen LogP contribution in [0.25, 0.3) is 11.1 Å². The van der Waals surface area contributed by atoms with Crippen molar-refractivity contribution in [3.63, 3.8) is 0 Å². The van der Waals surface area contributed by atoms with Gasteiger partial charge in [-0.05, 0) is 22.8 Å². The van der Waals surface area contributed by atoms with Gasteiger partial charge in [-0.1, -0.05) is 72.8 Å². The minimum atomic E-state index is 0.550. The number of nitrogens with two attached hydrogens (primary N) is 1. The van der Waals surface area contributed by atoms with E-state index >= 15 is 0 Å². The van der Waals surface area contributed by atoms with Crippen molar-refractivity contribution in [1.82, 2.24) is 0 Å². The Labute approximate surface area is 131 Å². The molecule has 2 N–H and O–H groups in total. The van der Waals surface area contributed by atoms with Gasteiger partial charge in [0.2, 0.25) is 0 Å². The average Bonchev–Trinajstić information content (AvgIpc) is 2.61. The van der Waals surface area contributed by atoms with Crippen molar-refractivity contribution in [2.45, 2.75) is 13.2 Å². The molecule has 2 heteroatoms. The van der Waals surface area contributed by atoms with Crippen LogP contribution in [0.3, 0.4) is 0 Å². The average molecular weight is 289 g/mol. The van der Waals surface area contributed by atoms with Crippen molar-refractivity contribution in [1.29, 1.82) is 0 Å². The molecule has 22 heavy (non-hydrogen) atoms. The molecule has 3 rings (SSSR count). The SMILES string of the molecule is NCc1ccc(COc2ccccc2-c2ccccc2)cc1. The summed E-state index contributed by atoms with van der Waals surface area (Å²) in [5, 5.41) is 0. The Hall–Kier alpha value is -2.58. The summed E-state index contributed by atoms with van der Waals surface area (Å²) in [6.45, 7) is 1.12. The molecule has 3 aromatic carbocycles. The predicted molar refractivity (Wildman–Crippen MR) is 90.5 cm³/mol. The number of ether oxygens (including phenoxy) is 1. The first kappa shape index (κ1) is 14.4. The van der Waals surface area contributed by atoms with Crippen molar-refractivity contribution in [3.05, 3.63) is 90.0 Å². The summed E-state index contributed by atoms with van der Waals surface area (Å²) in [6.07, 6.45) is 0. The van der Waals surface area contributed by atoms with Gasteiger partial charge in [0.15, 0.2) is 0 Å². The number of hydrogen-bond donors (Lipinski definition) is 1. The molecule has 0 amide bonds. The molecule has 0 aromatic heterocycles. The van der Waals surface area contributed by atoms with Crippen LogP contribution >= 0.6 is 0 Å². The summed E-state index contributed by atoms with van der Waals surface area (Å²) < 4.78 is 6.02. The van der Waals surface area contributed by atoms with Crippen molar-refractivity contribution in [2.24, 2.45) is 5.73 Å². The Bertz CT molecular complexity index is 720. The maximum absolute atomic E-state index is 6.02. The van der Waals surface area contributed by atoms with Crippen LogP contribution in [0.5, 0.6) is 5.75 Å². The predicted octanol–water partition coefficient (Wildman–Crippen LogP) is 4.39. The van der Waals surface area contributed by atoms with E-state index in [4.69, 9.17) is 10.5 Å². The number of benzene rings is 3. The van der Waals surface area contributed by atoms with Gasteiger partial charge in [0, 0.05) is 12.1 Å². The third kappa shape index (κ3) is 3.35. The zero-order valence-electron chi connectivity index (χ0n) is 12.4. The zero-order valence-corrected chi connectivity index (χ0v) is 12.4. The molecule has 0 unspecified atom stereocenters. The highest BCUT2D eigenvalue weighted by atomic mass is 16.5. The normalized spacial score (nSPS) is 10.4. The highest BCUT2D eigenvalue weighted by molar-refractivity contribution is 5.70. The van der Waals surface area contributed by atoms with Gasteiger partial charge in [-0.25, -0.2) is 0 Å². The lowest BCUT2D eigenvalue weighted by Crippen LogP contribution is -1.99. The van der Waals surface area contributed by atoms with Gasteiger partial charge in [0.1, 0.15) is 12.4 Å². The fourth-order valence-corrected chi connectivity index (χ4v) is 2.38. The molecule has 3 aromatic rings. The molecule has 110 valence electrons. The Morgan fingerprint density at radius 1 is 0.682 bits per heavy atom. The molecule has 0 spiro atoms. The number of rotatable bonds is 5. The van der Waals surface area contributed by atoms with Gasteiger partial charge < -0.3 is 10.5 Å². The van der Waals surface area contributed by atoms with E-state index in [0.29, 0.717) is 13.2 Å². The van der Waals surface area contributed by atoms with Crippen molar-refractivity contribution in [3.8, 4) is 16.9 Å². The molecule has 0 aliphatic rings. The van der Waals surface area contributed by atoms with E-state index in [9.17, 15) is 0 Å². The molecule has 2 nitrogen and oxygen atoms in total. The van der Waals surface area contributed by atoms with Gasteiger partial charge in [-0.2, -0.15) is 0 Å². The Kier molecular flexibility index (Phi) is 4.52. The van der Waals surface area contributed by atoms with Crippen LogP contribution in [-0.4, -0.2) is 0 Å². The summed E-state index contributed by atoms with van der Waals surface area (Å²) in [7, 11) is 0. The molecule has 0 aliphatic heterocycles. The zero-order chi connectivity index (χ0) is 15.2. The third-order valence-corrected chi connectivity index (χ3v) is 3.62. The summed E-state index contributed by atoms with van der Waals surface area (Å²) in [4.78, 5) is 0. The Balaban J connectivity index is 1.78. The molecule has 0 saturated carbocycles. The molecule has 0 heterocycles. The van der Waals surface area contributed by atoms with Crippen molar-refractivity contribution < 1.29 is 4.74 Å². The van der Waals surface area contributed by atoms with Gasteiger partial charge in [0.05, 0.1) is 0 Å². The molecule has 0 fully saturated rings. The molecular formula is C20H19NO. The van der Waals surface area contributed by atoms with Gasteiger partial charge in [-0.3, -0.25) is 0 Å². The van der Waals surface area contributed by atoms with Crippen LogP contribution in [-0.2, 0) is 13.2 Å². The Morgan fingerprint density at radius 2 is 1.32 bits per heavy atom. The largest absolute Gasteiger partial charge is 0.488 e. The van der Waals surface area contributed by atoms with E-state index in [1.54, 1.807) is 0 Å². The summed E-state index contributed by atoms with van der Waals surface area (Å²) in [5.41, 5.74) is 10.2. The van der Waals surface area contributed by atoms with Crippen LogP contribution in [0.4, 0.5) is 0 Å². The molecular weight excluding hydrogens is 270 g/mol. The van der Waals surface area contributed by atoms with Gasteiger partial charge in [0.25, 0.3) is 0 Å². The minimum Gasteiger partial charge on any atom is -0.488 e. The van der Waals surface area contributed by atoms with E-state index in [1.165, 1.54) is 0 Å². The van der Waals surface area contributed by atoms with Gasteiger partial charge >= 0.3 is 0 Å². The fraction of sp³-hybridized carbons (Fsp3) is 0.100. The van der Waals surface area contributed by atoms with E-state index < -0.39 is 0 Å². The maximum atomic E-state index is 6.02. The van der Waals surface area contributed by atoms with E-state index in [2.05, 4.69) is 30.3 Å². The molecule has 0 saturated heterocycles. The smallest absolute Gasteiger partial charge is 0.127 e. The second-order valence-electron chi connectivity index (χ2n) is 5.17. The first-order chi connectivity index (χ1) is 10.9. The van der Waals surface area contributed by atoms with Crippen molar-refractivity contribution >= 4 is 0 Å². The van der Waals surface area contributed by atoms with E-state index in [1.807, 2.05) is 48.5 Å². The lowest BCUT2D eigenvalue weighted by Gasteiger charge is -2.12. The maximum Gasteiger partial charge on any atom is 0.127 e. The van der Waals surface area contributed by atoms with E-state index in [0.717, 1.165) is 28.0 Å². The summed E-state index contributed by atoms with van der Waals surface area (Å²) in [5.74, 6) is 0.900. The highest BCUT2D eigenvalue weighted by Crippen LogP contribution is 2.30. The second-order valence-corrected chi connectivity index (χ2v) is 5.17. The number of para-hydroxylation sites is 1. The minimum absolute atomic E-state index is 0.550. The highest BCUT2D eigenvalue weighted by Gasteiger charge is 2.05. The van der Waals surface area contributed by atoms with Crippen LogP contribution in [0.1, 0.15) is 11.1 Å². The van der Waals surface area contributed by atoms with Gasteiger partial charge in [-0.15, -0.1) is 0 Å². The number of hydrogen-bond acceptors (Lipinski definition) is 2. The topological polar surface area (TPSA) is 35.2 Å². The first-order valence-corrected chi connectivity index (χ1v) is 7.42.